The second kappa shape index (κ2) is 7.05. The molecule has 4 aromatic heterocycles. The Morgan fingerprint density at radius 3 is 2.44 bits per heavy atom. The molecule has 0 spiro atoms. The number of aliphatic hydroxyl groups excluding tert-OH is 1. The van der Waals surface area contributed by atoms with Crippen LogP contribution in [0.4, 0.5) is 0 Å². The van der Waals surface area contributed by atoms with E-state index in [1.807, 2.05) is 24.3 Å². The van der Waals surface area contributed by atoms with Crippen molar-refractivity contribution in [3.63, 3.8) is 0 Å². The van der Waals surface area contributed by atoms with Gasteiger partial charge in [-0.3, -0.25) is 19.3 Å². The van der Waals surface area contributed by atoms with E-state index in [4.69, 9.17) is 4.98 Å². The molecular weight excluding hydrogens is 342 g/mol. The number of hydrogen-bond donors (Lipinski definition) is 1. The summed E-state index contributed by atoms with van der Waals surface area (Å²) >= 11 is 0. The third kappa shape index (κ3) is 3.09. The highest BCUT2D eigenvalue weighted by Crippen LogP contribution is 2.28. The van der Waals surface area contributed by atoms with Crippen LogP contribution in [0.3, 0.4) is 0 Å². The smallest absolute Gasteiger partial charge is 0.261 e. The minimum Gasteiger partial charge on any atom is -0.394 e. The van der Waals surface area contributed by atoms with Gasteiger partial charge in [0.1, 0.15) is 5.52 Å². The SMILES string of the molecule is C[C@@H](CO)n1cnc2c(-c3cccnc3)nc(-c3cccnc3)cc2c1=O. The number of hydrogen-bond acceptors (Lipinski definition) is 6. The maximum Gasteiger partial charge on any atom is 0.261 e. The van der Waals surface area contributed by atoms with Crippen LogP contribution < -0.4 is 5.56 Å². The summed E-state index contributed by atoms with van der Waals surface area (Å²) in [6.45, 7) is 1.61. The van der Waals surface area contributed by atoms with Crippen molar-refractivity contribution in [1.82, 2.24) is 24.5 Å². The Balaban J connectivity index is 2.06. The lowest BCUT2D eigenvalue weighted by atomic mass is 10.1. The highest BCUT2D eigenvalue weighted by molar-refractivity contribution is 5.93. The molecular formula is C20H17N5O2. The Kier molecular flexibility index (Phi) is 4.43. The molecule has 0 bridgehead atoms. The third-order valence-electron chi connectivity index (χ3n) is 4.40. The number of aliphatic hydroxyl groups is 1. The zero-order chi connectivity index (χ0) is 18.8. The van der Waals surface area contributed by atoms with Crippen LogP contribution in [0.1, 0.15) is 13.0 Å². The lowest BCUT2D eigenvalue weighted by molar-refractivity contribution is 0.236. The molecule has 0 saturated carbocycles. The highest BCUT2D eigenvalue weighted by atomic mass is 16.3. The second-order valence-corrected chi connectivity index (χ2v) is 6.22. The van der Waals surface area contributed by atoms with E-state index in [1.54, 1.807) is 37.8 Å². The number of fused-ring (bicyclic) bond motifs is 1. The third-order valence-corrected chi connectivity index (χ3v) is 4.40. The maximum atomic E-state index is 13.0. The van der Waals surface area contributed by atoms with Crippen LogP contribution in [-0.2, 0) is 0 Å². The lowest BCUT2D eigenvalue weighted by Crippen LogP contribution is -2.25. The standard InChI is InChI=1S/C20H17N5O2/c1-13(11-26)25-12-23-19-16(20(25)27)8-17(14-4-2-6-21-9-14)24-18(19)15-5-3-7-22-10-15/h2-10,12-13,26H,11H2,1H3/t13-/m0/s1. The quantitative estimate of drug-likeness (QED) is 0.602. The summed E-state index contributed by atoms with van der Waals surface area (Å²) in [5.41, 5.74) is 3.06. The summed E-state index contributed by atoms with van der Waals surface area (Å²) in [7, 11) is 0. The van der Waals surface area contributed by atoms with Gasteiger partial charge in [-0.2, -0.15) is 0 Å². The molecule has 0 unspecified atom stereocenters. The lowest BCUT2D eigenvalue weighted by Gasteiger charge is -2.14. The van der Waals surface area contributed by atoms with E-state index >= 15 is 0 Å². The summed E-state index contributed by atoms with van der Waals surface area (Å²) in [6, 6.07) is 8.76. The van der Waals surface area contributed by atoms with E-state index in [9.17, 15) is 9.90 Å². The van der Waals surface area contributed by atoms with Crippen LogP contribution in [0, 0.1) is 0 Å². The van der Waals surface area contributed by atoms with E-state index in [1.165, 1.54) is 10.9 Å². The minimum absolute atomic E-state index is 0.150. The summed E-state index contributed by atoms with van der Waals surface area (Å²) in [4.78, 5) is 30.5. The van der Waals surface area contributed by atoms with Crippen LogP contribution in [0.15, 0.2) is 66.2 Å². The predicted molar refractivity (Wildman–Crippen MR) is 102 cm³/mol. The number of rotatable bonds is 4. The van der Waals surface area contributed by atoms with E-state index < -0.39 is 0 Å². The van der Waals surface area contributed by atoms with Gasteiger partial charge in [0.15, 0.2) is 0 Å². The van der Waals surface area contributed by atoms with Gasteiger partial charge in [0.2, 0.25) is 0 Å². The predicted octanol–water partition coefficient (Wildman–Crippen LogP) is 2.47. The van der Waals surface area contributed by atoms with Crippen molar-refractivity contribution in [2.75, 3.05) is 6.61 Å². The molecule has 0 aliphatic rings. The fourth-order valence-electron chi connectivity index (χ4n) is 2.91. The van der Waals surface area contributed by atoms with Crippen LogP contribution in [0.5, 0.6) is 0 Å². The Morgan fingerprint density at radius 2 is 1.81 bits per heavy atom. The summed E-state index contributed by atoms with van der Waals surface area (Å²) < 4.78 is 1.43. The first kappa shape index (κ1) is 17.0. The molecule has 134 valence electrons. The first-order chi connectivity index (χ1) is 13.2. The molecule has 0 fully saturated rings. The zero-order valence-electron chi connectivity index (χ0n) is 14.6. The number of nitrogens with zero attached hydrogens (tertiary/aromatic N) is 5. The first-order valence-corrected chi connectivity index (χ1v) is 8.52. The van der Waals surface area contributed by atoms with Gasteiger partial charge in [0, 0.05) is 35.9 Å². The first-order valence-electron chi connectivity index (χ1n) is 8.52. The van der Waals surface area contributed by atoms with Crippen LogP contribution in [0.25, 0.3) is 33.4 Å². The molecule has 0 aliphatic carbocycles. The van der Waals surface area contributed by atoms with Crippen molar-refractivity contribution < 1.29 is 5.11 Å². The average molecular weight is 359 g/mol. The highest BCUT2D eigenvalue weighted by Gasteiger charge is 2.16. The van der Waals surface area contributed by atoms with Crippen LogP contribution in [-0.4, -0.2) is 36.2 Å². The summed E-state index contributed by atoms with van der Waals surface area (Å²) in [5, 5.41) is 9.87. The average Bonchev–Trinajstić information content (AvgIpc) is 2.74. The largest absolute Gasteiger partial charge is 0.394 e. The molecule has 0 saturated heterocycles. The molecule has 7 heteroatoms. The molecule has 1 N–H and O–H groups in total. The molecule has 0 radical (unpaired) electrons. The van der Waals surface area contributed by atoms with Crippen LogP contribution in [0.2, 0.25) is 0 Å². The Hall–Kier alpha value is -3.45. The minimum atomic E-state index is -0.369. The van der Waals surface area contributed by atoms with Gasteiger partial charge >= 0.3 is 0 Å². The van der Waals surface area contributed by atoms with Gasteiger partial charge in [-0.15, -0.1) is 0 Å². The van der Waals surface area contributed by atoms with E-state index in [0.717, 1.165) is 11.1 Å². The maximum absolute atomic E-state index is 13.0. The topological polar surface area (TPSA) is 93.8 Å². The number of aromatic nitrogens is 5. The molecule has 27 heavy (non-hydrogen) atoms. The molecule has 0 aromatic carbocycles. The molecule has 4 aromatic rings. The van der Waals surface area contributed by atoms with Gasteiger partial charge in [-0.25, -0.2) is 9.97 Å². The zero-order valence-corrected chi connectivity index (χ0v) is 14.6. The molecule has 0 aliphatic heterocycles. The fraction of sp³-hybridized carbons (Fsp3) is 0.150. The summed E-state index contributed by atoms with van der Waals surface area (Å²) in [5.74, 6) is 0. The second-order valence-electron chi connectivity index (χ2n) is 6.22. The van der Waals surface area contributed by atoms with Gasteiger partial charge in [0.25, 0.3) is 5.56 Å². The molecule has 4 heterocycles. The molecule has 4 rings (SSSR count). The van der Waals surface area contributed by atoms with Crippen molar-refractivity contribution in [2.45, 2.75) is 13.0 Å². The van der Waals surface area contributed by atoms with Crippen molar-refractivity contribution >= 4 is 10.9 Å². The van der Waals surface area contributed by atoms with E-state index in [-0.39, 0.29) is 18.2 Å². The number of pyridine rings is 3. The molecule has 0 amide bonds. The summed E-state index contributed by atoms with van der Waals surface area (Å²) in [6.07, 6.45) is 8.21. The van der Waals surface area contributed by atoms with E-state index in [0.29, 0.717) is 22.3 Å². The Labute approximate surface area is 155 Å². The van der Waals surface area contributed by atoms with Crippen molar-refractivity contribution in [3.8, 4) is 22.5 Å². The van der Waals surface area contributed by atoms with Gasteiger partial charge in [-0.05, 0) is 37.3 Å². The van der Waals surface area contributed by atoms with Crippen molar-refractivity contribution in [2.24, 2.45) is 0 Å². The Bertz CT molecular complexity index is 1140. The van der Waals surface area contributed by atoms with Gasteiger partial charge < -0.3 is 5.11 Å². The van der Waals surface area contributed by atoms with Gasteiger partial charge in [-0.1, -0.05) is 0 Å². The monoisotopic (exact) mass is 359 g/mol. The molecule has 1 atom stereocenters. The van der Waals surface area contributed by atoms with Crippen LogP contribution >= 0.6 is 0 Å². The van der Waals surface area contributed by atoms with E-state index in [2.05, 4.69) is 15.0 Å². The fourth-order valence-corrected chi connectivity index (χ4v) is 2.91. The Morgan fingerprint density at radius 1 is 1.11 bits per heavy atom. The van der Waals surface area contributed by atoms with Crippen molar-refractivity contribution in [3.05, 3.63) is 71.8 Å². The van der Waals surface area contributed by atoms with Gasteiger partial charge in [0.05, 0.1) is 35.8 Å². The van der Waals surface area contributed by atoms with Crippen molar-refractivity contribution in [1.29, 1.82) is 0 Å². The normalized spacial score (nSPS) is 12.2. The molecule has 7 nitrogen and oxygen atoms in total.